The lowest BCUT2D eigenvalue weighted by Gasteiger charge is -2.23. The first-order valence-electron chi connectivity index (χ1n) is 6.09. The fraction of sp³-hybridized carbons (Fsp3) is 0.385. The Hall–Kier alpha value is -2.18. The molecule has 1 rings (SSSR count). The number of amides is 2. The Bertz CT molecular complexity index is 488. The zero-order valence-corrected chi connectivity index (χ0v) is 11.2. The van der Waals surface area contributed by atoms with E-state index in [0.717, 1.165) is 12.1 Å². The molecule has 2 N–H and O–H groups in total. The number of carbonyl (C=O) groups excluding carboxylic acids is 1. The summed E-state index contributed by atoms with van der Waals surface area (Å²) in [4.78, 5) is 23.8. The smallest absolute Gasteiger partial charge is 0.322 e. The monoisotopic (exact) mass is 286 g/mol. The average Bonchev–Trinajstić information content (AvgIpc) is 2.39. The number of hydrogen-bond acceptors (Lipinski definition) is 2. The van der Waals surface area contributed by atoms with Gasteiger partial charge in [0, 0.05) is 13.1 Å². The number of rotatable bonds is 5. The molecule has 1 aromatic rings. The number of carbonyl (C=O) groups is 2. The number of urea groups is 1. The summed E-state index contributed by atoms with van der Waals surface area (Å²) in [7, 11) is 0. The highest BCUT2D eigenvalue weighted by molar-refractivity contribution is 5.89. The first kappa shape index (κ1) is 15.9. The zero-order chi connectivity index (χ0) is 15.3. The maximum atomic E-state index is 13.4. The Morgan fingerprint density at radius 1 is 1.35 bits per heavy atom. The van der Waals surface area contributed by atoms with Crippen LogP contribution in [0.1, 0.15) is 13.8 Å². The van der Waals surface area contributed by atoms with Crippen molar-refractivity contribution in [3.8, 4) is 0 Å². The summed E-state index contributed by atoms with van der Waals surface area (Å²) in [5.41, 5.74) is -0.543. The second kappa shape index (κ2) is 6.83. The van der Waals surface area contributed by atoms with Gasteiger partial charge in [-0.05, 0) is 19.1 Å². The van der Waals surface area contributed by atoms with Crippen LogP contribution in [0.2, 0.25) is 0 Å². The van der Waals surface area contributed by atoms with Crippen LogP contribution in [-0.2, 0) is 4.79 Å². The van der Waals surface area contributed by atoms with Crippen LogP contribution in [0.3, 0.4) is 0 Å². The van der Waals surface area contributed by atoms with Crippen molar-refractivity contribution in [1.29, 1.82) is 0 Å². The first-order valence-corrected chi connectivity index (χ1v) is 6.09. The molecule has 0 aliphatic rings. The highest BCUT2D eigenvalue weighted by Crippen LogP contribution is 2.18. The van der Waals surface area contributed by atoms with E-state index in [1.807, 2.05) is 0 Å². The molecule has 0 spiro atoms. The lowest BCUT2D eigenvalue weighted by atomic mass is 10.2. The lowest BCUT2D eigenvalue weighted by molar-refractivity contribution is -0.141. The topological polar surface area (TPSA) is 69.6 Å². The van der Waals surface area contributed by atoms with Crippen LogP contribution in [0.5, 0.6) is 0 Å². The molecule has 0 aliphatic carbocycles. The number of anilines is 1. The molecule has 7 heteroatoms. The van der Waals surface area contributed by atoms with Gasteiger partial charge in [-0.1, -0.05) is 13.0 Å². The van der Waals surface area contributed by atoms with Gasteiger partial charge in [0.05, 0.1) is 5.92 Å². The Kier molecular flexibility index (Phi) is 5.42. The minimum Gasteiger partial charge on any atom is -0.481 e. The third-order valence-electron chi connectivity index (χ3n) is 2.78. The second-order valence-electron chi connectivity index (χ2n) is 4.30. The summed E-state index contributed by atoms with van der Waals surface area (Å²) in [5.74, 6) is -3.60. The van der Waals surface area contributed by atoms with E-state index in [0.29, 0.717) is 0 Å². The van der Waals surface area contributed by atoms with E-state index in [9.17, 15) is 18.4 Å². The summed E-state index contributed by atoms with van der Waals surface area (Å²) in [6.45, 7) is 3.26. The predicted octanol–water partition coefficient (Wildman–Crippen LogP) is 2.54. The number of nitrogens with one attached hydrogen (secondary N) is 1. The summed E-state index contributed by atoms with van der Waals surface area (Å²) in [6.07, 6.45) is 0. The van der Waals surface area contributed by atoms with Gasteiger partial charge in [-0.2, -0.15) is 0 Å². The van der Waals surface area contributed by atoms with Gasteiger partial charge in [-0.3, -0.25) is 4.79 Å². The number of carboxylic acids is 1. The van der Waals surface area contributed by atoms with Crippen molar-refractivity contribution in [2.75, 3.05) is 18.4 Å². The average molecular weight is 286 g/mol. The van der Waals surface area contributed by atoms with E-state index in [1.165, 1.54) is 17.9 Å². The van der Waals surface area contributed by atoms with Crippen LogP contribution in [-0.4, -0.2) is 35.1 Å². The van der Waals surface area contributed by atoms with Crippen LogP contribution >= 0.6 is 0 Å². The summed E-state index contributed by atoms with van der Waals surface area (Å²) in [6, 6.07) is 2.48. The van der Waals surface area contributed by atoms with Crippen molar-refractivity contribution in [2.45, 2.75) is 13.8 Å². The lowest BCUT2D eigenvalue weighted by Crippen LogP contribution is -2.39. The molecular weight excluding hydrogens is 270 g/mol. The van der Waals surface area contributed by atoms with Gasteiger partial charge in [0.25, 0.3) is 0 Å². The van der Waals surface area contributed by atoms with Gasteiger partial charge in [-0.25, -0.2) is 13.6 Å². The maximum Gasteiger partial charge on any atom is 0.322 e. The normalized spacial score (nSPS) is 11.8. The van der Waals surface area contributed by atoms with Crippen molar-refractivity contribution in [3.05, 3.63) is 29.8 Å². The number of hydrogen-bond donors (Lipinski definition) is 2. The Morgan fingerprint density at radius 3 is 2.35 bits per heavy atom. The second-order valence-corrected chi connectivity index (χ2v) is 4.30. The van der Waals surface area contributed by atoms with E-state index >= 15 is 0 Å². The van der Waals surface area contributed by atoms with E-state index in [2.05, 4.69) is 5.32 Å². The third kappa shape index (κ3) is 3.91. The van der Waals surface area contributed by atoms with Crippen molar-refractivity contribution < 1.29 is 23.5 Å². The Morgan fingerprint density at radius 2 is 1.90 bits per heavy atom. The SMILES string of the molecule is CCN(CC(C)C(=O)O)C(=O)Nc1c(F)cccc1F. The number of para-hydroxylation sites is 1. The molecule has 5 nitrogen and oxygen atoms in total. The fourth-order valence-electron chi connectivity index (χ4n) is 1.57. The maximum absolute atomic E-state index is 13.4. The van der Waals surface area contributed by atoms with E-state index in [-0.39, 0.29) is 13.1 Å². The minimum atomic E-state index is -1.05. The minimum absolute atomic E-state index is 0.0479. The van der Waals surface area contributed by atoms with Crippen molar-refractivity contribution in [3.63, 3.8) is 0 Å². The molecule has 110 valence electrons. The molecule has 0 heterocycles. The summed E-state index contributed by atoms with van der Waals surface area (Å²) < 4.78 is 26.8. The van der Waals surface area contributed by atoms with Crippen LogP contribution < -0.4 is 5.32 Å². The highest BCUT2D eigenvalue weighted by Gasteiger charge is 2.21. The molecule has 1 unspecified atom stereocenters. The Balaban J connectivity index is 2.80. The van der Waals surface area contributed by atoms with Crippen molar-refractivity contribution in [1.82, 2.24) is 4.90 Å². The number of nitrogens with zero attached hydrogens (tertiary/aromatic N) is 1. The number of carboxylic acid groups (broad SMARTS) is 1. The van der Waals surface area contributed by atoms with Gasteiger partial charge in [-0.15, -0.1) is 0 Å². The van der Waals surface area contributed by atoms with Crippen molar-refractivity contribution >= 4 is 17.7 Å². The highest BCUT2D eigenvalue weighted by atomic mass is 19.1. The van der Waals surface area contributed by atoms with Gasteiger partial charge >= 0.3 is 12.0 Å². The molecule has 0 saturated carbocycles. The summed E-state index contributed by atoms with van der Waals surface area (Å²) in [5, 5.41) is 10.9. The molecule has 1 aromatic carbocycles. The van der Waals surface area contributed by atoms with Crippen LogP contribution in [0, 0.1) is 17.6 Å². The van der Waals surface area contributed by atoms with Gasteiger partial charge in [0.2, 0.25) is 0 Å². The molecule has 2 amide bonds. The molecule has 20 heavy (non-hydrogen) atoms. The molecule has 0 aliphatic heterocycles. The first-order chi connectivity index (χ1) is 9.36. The summed E-state index contributed by atoms with van der Waals surface area (Å²) >= 11 is 0. The van der Waals surface area contributed by atoms with Gasteiger partial charge < -0.3 is 15.3 Å². The van der Waals surface area contributed by atoms with Gasteiger partial charge in [0.1, 0.15) is 17.3 Å². The Labute approximate surface area is 115 Å². The standard InChI is InChI=1S/C13H16F2N2O3/c1-3-17(7-8(2)12(18)19)13(20)16-11-9(14)5-4-6-10(11)15/h4-6,8H,3,7H2,1-2H3,(H,16,20)(H,18,19). The van der Waals surface area contributed by atoms with Gasteiger partial charge in [0.15, 0.2) is 0 Å². The van der Waals surface area contributed by atoms with E-state index in [1.54, 1.807) is 6.92 Å². The zero-order valence-electron chi connectivity index (χ0n) is 11.2. The molecule has 0 aromatic heterocycles. The molecule has 0 saturated heterocycles. The third-order valence-corrected chi connectivity index (χ3v) is 2.78. The molecule has 0 bridgehead atoms. The van der Waals surface area contributed by atoms with Crippen molar-refractivity contribution in [2.24, 2.45) is 5.92 Å². The van der Waals surface area contributed by atoms with Crippen LogP contribution in [0.4, 0.5) is 19.3 Å². The predicted molar refractivity (Wildman–Crippen MR) is 69.4 cm³/mol. The number of benzene rings is 1. The quantitative estimate of drug-likeness (QED) is 0.874. The molecule has 1 atom stereocenters. The largest absolute Gasteiger partial charge is 0.481 e. The van der Waals surface area contributed by atoms with E-state index < -0.39 is 35.2 Å². The van der Waals surface area contributed by atoms with E-state index in [4.69, 9.17) is 5.11 Å². The number of halogens is 2. The molecule has 0 fully saturated rings. The van der Waals surface area contributed by atoms with Crippen LogP contribution in [0.25, 0.3) is 0 Å². The molecule has 0 radical (unpaired) electrons. The number of aliphatic carboxylic acids is 1. The molecular formula is C13H16F2N2O3. The van der Waals surface area contributed by atoms with Crippen LogP contribution in [0.15, 0.2) is 18.2 Å². The fourth-order valence-corrected chi connectivity index (χ4v) is 1.57.